The van der Waals surface area contributed by atoms with Crippen LogP contribution in [0.25, 0.3) is 0 Å². The van der Waals surface area contributed by atoms with Gasteiger partial charge in [-0.15, -0.1) is 0 Å². The summed E-state index contributed by atoms with van der Waals surface area (Å²) in [6.45, 7) is 19.9. The van der Waals surface area contributed by atoms with Crippen LogP contribution in [0.2, 0.25) is 0 Å². The molecule has 14 atom stereocenters. The molecular weight excluding hydrogens is 1210 g/mol. The lowest BCUT2D eigenvalue weighted by molar-refractivity contribution is -0.342. The van der Waals surface area contributed by atoms with E-state index in [1.54, 1.807) is 138 Å². The normalized spacial score (nSPS) is 26.9. The maximum Gasteiger partial charge on any atom is 0.408 e. The number of benzene rings is 3. The fourth-order valence-electron chi connectivity index (χ4n) is 10.2. The van der Waals surface area contributed by atoms with Crippen molar-refractivity contribution in [1.29, 1.82) is 0 Å². The van der Waals surface area contributed by atoms with Crippen LogP contribution in [0.5, 0.6) is 0 Å². The van der Waals surface area contributed by atoms with Crippen molar-refractivity contribution in [2.45, 2.75) is 224 Å². The molecule has 0 radical (unpaired) electrons. The molecule has 7 rings (SSSR count). The van der Waals surface area contributed by atoms with Gasteiger partial charge in [0.15, 0.2) is 25.0 Å². The van der Waals surface area contributed by atoms with Crippen LogP contribution in [0, 0.1) is 0 Å². The fourth-order valence-corrected chi connectivity index (χ4v) is 10.5. The molecule has 3 aromatic rings. The Kier molecular flexibility index (Phi) is 24.8. The van der Waals surface area contributed by atoms with E-state index in [1.165, 1.54) is 0 Å². The second-order valence-corrected chi connectivity index (χ2v) is 27.4. The number of ether oxygens (including phenoxy) is 13. The third kappa shape index (κ3) is 22.6. The number of amides is 6. The van der Waals surface area contributed by atoms with E-state index in [2.05, 4.69) is 31.9 Å². The van der Waals surface area contributed by atoms with E-state index in [1.807, 2.05) is 42.5 Å². The predicted octanol–water partition coefficient (Wildman–Crippen LogP) is 9.33. The minimum absolute atomic E-state index is 0.0563. The van der Waals surface area contributed by atoms with Gasteiger partial charge >= 0.3 is 36.6 Å². The van der Waals surface area contributed by atoms with Crippen molar-refractivity contribution in [2.24, 2.45) is 0 Å². The first-order valence-electron chi connectivity index (χ1n) is 30.0. The Morgan fingerprint density at radius 3 is 1.50 bits per heavy atom. The highest BCUT2D eigenvalue weighted by Gasteiger charge is 2.57. The van der Waals surface area contributed by atoms with Gasteiger partial charge in [0, 0.05) is 12.1 Å². The van der Waals surface area contributed by atoms with Gasteiger partial charge in [-0.3, -0.25) is 0 Å². The van der Waals surface area contributed by atoms with Crippen molar-refractivity contribution < 1.29 is 90.3 Å². The summed E-state index contributed by atoms with van der Waals surface area (Å²) in [5.41, 5.74) is -1.79. The first-order valence-corrected chi connectivity index (χ1v) is 31.6. The number of thiocarbonyl (C=S) groups is 1. The minimum atomic E-state index is -1.66. The summed E-state index contributed by atoms with van der Waals surface area (Å²) in [7, 11) is 0. The molecule has 3 saturated heterocycles. The number of hydrogen-bond donors (Lipinski definition) is 6. The fraction of sp³-hybridized carbons (Fsp3) is 0.603. The zero-order valence-corrected chi connectivity index (χ0v) is 54.9. The highest BCUT2D eigenvalue weighted by molar-refractivity contribution is 8.22. The summed E-state index contributed by atoms with van der Waals surface area (Å²) >= 11 is 6.89. The average molecular weight is 1300 g/mol. The van der Waals surface area contributed by atoms with Gasteiger partial charge in [0.05, 0.1) is 36.9 Å². The zero-order valence-electron chi connectivity index (χ0n) is 53.3. The average Bonchev–Trinajstić information content (AvgIpc) is 0.802. The molecule has 6 amide bonds. The number of carbonyl (C=O) groups is 6. The van der Waals surface area contributed by atoms with Gasteiger partial charge in [-0.1, -0.05) is 103 Å². The number of thioether (sulfide) groups is 1. The summed E-state index contributed by atoms with van der Waals surface area (Å²) in [6, 6.07) is 20.9. The molecule has 496 valence electrons. The van der Waals surface area contributed by atoms with Crippen molar-refractivity contribution in [3.63, 3.8) is 0 Å². The smallest absolute Gasteiger partial charge is 0.408 e. The molecule has 4 aliphatic rings. The van der Waals surface area contributed by atoms with Crippen molar-refractivity contribution in [1.82, 2.24) is 31.9 Å². The first-order chi connectivity index (χ1) is 42.4. The van der Waals surface area contributed by atoms with Crippen LogP contribution in [0.3, 0.4) is 0 Å². The van der Waals surface area contributed by atoms with Crippen LogP contribution >= 0.6 is 24.0 Å². The van der Waals surface area contributed by atoms with Gasteiger partial charge in [-0.25, -0.2) is 28.8 Å². The molecule has 0 spiro atoms. The van der Waals surface area contributed by atoms with Crippen molar-refractivity contribution in [3.8, 4) is 0 Å². The highest BCUT2D eigenvalue weighted by Crippen LogP contribution is 2.39. The lowest BCUT2D eigenvalue weighted by Crippen LogP contribution is -2.73. The Morgan fingerprint density at radius 2 is 0.978 bits per heavy atom. The molecule has 3 aliphatic heterocycles. The standard InChI is InChI=1S/C63H88N6O19S2/c1-60(2,3)85-53(70)64-32-39-29-30-40(65-56(73)86-61(4,5)6)51(79-39)81-46-42(67-57(74)87-62(7,8)9)31-41(66-54(71)77-33-36-23-17-14-18-24-36)47(49(46)84-59(89)90-13)82-52-45(69-58(75)88-63(10,11)12)44(68-55(72)78-34-37-25-19-15-20-26-37)48-43(80-52)35-76-50(83-48)38-27-21-16-22-28-38/h14-28,39-52H,29-35H2,1-13H3,(H,64,70)(H,65,73)(H,66,71)(H,67,74)(H,68,72)(H,69,75)/t39-,40+,41+,42-,43+,44+,45+,46+,47-,48+,49-,50?,51+,52+/m0/s1. The number of rotatable bonds is 17. The molecule has 25 nitrogen and oxygen atoms in total. The summed E-state index contributed by atoms with van der Waals surface area (Å²) < 4.78 is 82.2. The molecule has 0 aromatic heterocycles. The molecule has 6 N–H and O–H groups in total. The lowest BCUT2D eigenvalue weighted by atomic mass is 9.83. The Labute approximate surface area is 535 Å². The number of fused-ring (bicyclic) bond motifs is 1. The maximum absolute atomic E-state index is 14.4. The number of carbonyl (C=O) groups excluding carboxylic acids is 6. The van der Waals surface area contributed by atoms with Crippen LogP contribution < -0.4 is 31.9 Å². The zero-order chi connectivity index (χ0) is 65.6. The van der Waals surface area contributed by atoms with Crippen molar-refractivity contribution in [2.75, 3.05) is 19.4 Å². The summed E-state index contributed by atoms with van der Waals surface area (Å²) in [5.74, 6) is 0. The van der Waals surface area contributed by atoms with E-state index in [4.69, 9.17) is 73.8 Å². The van der Waals surface area contributed by atoms with Gasteiger partial charge in [-0.2, -0.15) is 0 Å². The van der Waals surface area contributed by atoms with Crippen molar-refractivity contribution >= 4 is 64.9 Å². The van der Waals surface area contributed by atoms with E-state index in [9.17, 15) is 28.8 Å². The van der Waals surface area contributed by atoms with Gasteiger partial charge < -0.3 is 93.5 Å². The van der Waals surface area contributed by atoms with Gasteiger partial charge in [-0.05, 0) is 132 Å². The van der Waals surface area contributed by atoms with Gasteiger partial charge in [0.1, 0.15) is 66.1 Å². The lowest BCUT2D eigenvalue weighted by Gasteiger charge is -2.52. The topological polar surface area (TPSA) is 295 Å². The summed E-state index contributed by atoms with van der Waals surface area (Å²) in [6.07, 6.45) is -14.7. The van der Waals surface area contributed by atoms with Gasteiger partial charge in [0.25, 0.3) is 0 Å². The molecule has 27 heteroatoms. The van der Waals surface area contributed by atoms with E-state index < -0.39 is 145 Å². The monoisotopic (exact) mass is 1300 g/mol. The number of nitrogens with one attached hydrogen (secondary N) is 6. The van der Waals surface area contributed by atoms with E-state index in [0.717, 1.165) is 11.8 Å². The molecular formula is C63H88N6O19S2. The van der Waals surface area contributed by atoms with Crippen molar-refractivity contribution in [3.05, 3.63) is 108 Å². The Balaban J connectivity index is 1.36. The van der Waals surface area contributed by atoms with Gasteiger partial charge in [0.2, 0.25) is 4.38 Å². The third-order valence-electron chi connectivity index (χ3n) is 13.8. The molecule has 1 unspecified atom stereocenters. The molecule has 3 aromatic carbocycles. The van der Waals surface area contributed by atoms with Crippen LogP contribution in [-0.4, -0.2) is 162 Å². The summed E-state index contributed by atoms with van der Waals surface area (Å²) in [4.78, 5) is 84.0. The van der Waals surface area contributed by atoms with Crippen LogP contribution in [-0.2, 0) is 74.8 Å². The second kappa shape index (κ2) is 31.5. The van der Waals surface area contributed by atoms with Crippen LogP contribution in [0.4, 0.5) is 28.8 Å². The van der Waals surface area contributed by atoms with Crippen LogP contribution in [0.1, 0.15) is 125 Å². The largest absolute Gasteiger partial charge is 0.470 e. The molecule has 1 aliphatic carbocycles. The summed E-state index contributed by atoms with van der Waals surface area (Å²) in [5, 5.41) is 17.4. The molecule has 0 bridgehead atoms. The Morgan fingerprint density at radius 1 is 0.522 bits per heavy atom. The first kappa shape index (κ1) is 70.7. The van der Waals surface area contributed by atoms with E-state index in [-0.39, 0.29) is 43.6 Å². The molecule has 1 saturated carbocycles. The molecule has 90 heavy (non-hydrogen) atoms. The minimum Gasteiger partial charge on any atom is -0.470 e. The Bertz CT molecular complexity index is 2860. The third-order valence-corrected chi connectivity index (χ3v) is 14.9. The predicted molar refractivity (Wildman–Crippen MR) is 333 cm³/mol. The van der Waals surface area contributed by atoms with Crippen LogP contribution in [0.15, 0.2) is 91.0 Å². The number of alkyl carbamates (subject to hydrolysis) is 6. The van der Waals surface area contributed by atoms with E-state index in [0.29, 0.717) is 23.1 Å². The molecule has 4 fully saturated rings. The second-order valence-electron chi connectivity index (χ2n) is 26.0. The quantitative estimate of drug-likeness (QED) is 0.0542. The van der Waals surface area contributed by atoms with E-state index >= 15 is 0 Å². The number of hydrogen-bond acceptors (Lipinski definition) is 21. The molecule has 3 heterocycles. The maximum atomic E-state index is 14.4. The highest BCUT2D eigenvalue weighted by atomic mass is 32.2. The SMILES string of the molecule is CSC(=S)O[C@@H]1[C@@H](O[C@H]2O[C@@H]3COC(c4ccccc4)O[C@H]3[C@H](NC(=O)OCc3ccccc3)[C@H]2NC(=O)OC(C)(C)C)[C@H](NC(=O)OCc2ccccc2)C[C@H](NC(=O)OC(C)(C)C)[C@H]1O[C@H]1O[C@H](CNC(=O)OC(C)(C)C)CC[C@H]1NC(=O)OC(C)(C)C. The Hall–Kier alpha value is -6.72.